The van der Waals surface area contributed by atoms with E-state index >= 15 is 0 Å². The largest absolute Gasteiger partial charge is 0.480 e. The van der Waals surface area contributed by atoms with Crippen molar-refractivity contribution in [3.8, 4) is 0 Å². The van der Waals surface area contributed by atoms with Crippen molar-refractivity contribution in [2.75, 3.05) is 19.7 Å². The van der Waals surface area contributed by atoms with Crippen LogP contribution in [0.1, 0.15) is 26.7 Å². The molecule has 0 aromatic rings. The van der Waals surface area contributed by atoms with Gasteiger partial charge in [-0.15, -0.1) is 0 Å². The van der Waals surface area contributed by atoms with Crippen molar-refractivity contribution in [2.45, 2.75) is 38.8 Å². The summed E-state index contributed by atoms with van der Waals surface area (Å²) in [7, 11) is 0. The first-order chi connectivity index (χ1) is 8.04. The van der Waals surface area contributed by atoms with Crippen molar-refractivity contribution in [3.05, 3.63) is 0 Å². The van der Waals surface area contributed by atoms with Crippen LogP contribution in [-0.2, 0) is 9.53 Å². The topological polar surface area (TPSA) is 78.9 Å². The summed E-state index contributed by atoms with van der Waals surface area (Å²) < 4.78 is 5.45. The first-order valence-corrected chi connectivity index (χ1v) is 5.94. The number of likely N-dealkylation sites (N-methyl/N-ethyl adjacent to an activating group) is 1. The minimum atomic E-state index is -1.04. The number of carbonyl (C=O) groups excluding carboxylic acids is 1. The van der Waals surface area contributed by atoms with Gasteiger partial charge in [0.25, 0.3) is 0 Å². The number of urea groups is 1. The molecule has 1 saturated heterocycles. The zero-order valence-corrected chi connectivity index (χ0v) is 10.3. The van der Waals surface area contributed by atoms with Crippen molar-refractivity contribution in [1.29, 1.82) is 0 Å². The van der Waals surface area contributed by atoms with Crippen LogP contribution in [0, 0.1) is 0 Å². The molecule has 1 rings (SSSR count). The standard InChI is InChI=1S/C11H20N2O4/c1-3-13(7-9-5-4-6-17-9)11(16)12-8(2)10(14)15/h8-9H,3-7H2,1-2H3,(H,12,16)(H,14,15)/t8-,9?/m1/s1. The van der Waals surface area contributed by atoms with Crippen molar-refractivity contribution >= 4 is 12.0 Å². The number of nitrogens with one attached hydrogen (secondary N) is 1. The predicted octanol–water partition coefficient (Wildman–Crippen LogP) is 0.670. The monoisotopic (exact) mass is 244 g/mol. The summed E-state index contributed by atoms with van der Waals surface area (Å²) in [6, 6.07) is -1.22. The highest BCUT2D eigenvalue weighted by molar-refractivity contribution is 5.82. The van der Waals surface area contributed by atoms with E-state index in [9.17, 15) is 9.59 Å². The number of hydrogen-bond acceptors (Lipinski definition) is 3. The van der Waals surface area contributed by atoms with Crippen LogP contribution in [0.3, 0.4) is 0 Å². The summed E-state index contributed by atoms with van der Waals surface area (Å²) in [6.45, 7) is 5.11. The fourth-order valence-electron chi connectivity index (χ4n) is 1.73. The highest BCUT2D eigenvalue weighted by Gasteiger charge is 2.23. The van der Waals surface area contributed by atoms with Gasteiger partial charge in [-0.05, 0) is 26.7 Å². The van der Waals surface area contributed by atoms with Crippen LogP contribution < -0.4 is 5.32 Å². The van der Waals surface area contributed by atoms with Crippen molar-refractivity contribution < 1.29 is 19.4 Å². The van der Waals surface area contributed by atoms with Gasteiger partial charge < -0.3 is 20.1 Å². The summed E-state index contributed by atoms with van der Waals surface area (Å²) >= 11 is 0. The highest BCUT2D eigenvalue weighted by atomic mass is 16.5. The molecule has 98 valence electrons. The lowest BCUT2D eigenvalue weighted by Crippen LogP contribution is -2.48. The van der Waals surface area contributed by atoms with Crippen molar-refractivity contribution in [3.63, 3.8) is 0 Å². The van der Waals surface area contributed by atoms with E-state index in [1.54, 1.807) is 4.90 Å². The molecule has 2 N–H and O–H groups in total. The molecule has 6 nitrogen and oxygen atoms in total. The normalized spacial score (nSPS) is 20.9. The SMILES string of the molecule is CCN(CC1CCCO1)C(=O)N[C@H](C)C(=O)O. The molecular weight excluding hydrogens is 224 g/mol. The number of amides is 2. The second-order valence-corrected chi connectivity index (χ2v) is 4.18. The van der Waals surface area contributed by atoms with Gasteiger partial charge in [0.1, 0.15) is 6.04 Å². The molecule has 0 saturated carbocycles. The number of hydrogen-bond donors (Lipinski definition) is 2. The third-order valence-electron chi connectivity index (χ3n) is 2.83. The van der Waals surface area contributed by atoms with Gasteiger partial charge in [-0.2, -0.15) is 0 Å². The smallest absolute Gasteiger partial charge is 0.325 e. The van der Waals surface area contributed by atoms with Crippen molar-refractivity contribution in [2.24, 2.45) is 0 Å². The minimum Gasteiger partial charge on any atom is -0.480 e. The zero-order chi connectivity index (χ0) is 12.8. The second kappa shape index (κ2) is 6.44. The Bertz CT molecular complexity index is 277. The molecule has 0 spiro atoms. The number of nitrogens with zero attached hydrogens (tertiary/aromatic N) is 1. The Kier molecular flexibility index (Phi) is 5.21. The molecular formula is C11H20N2O4. The van der Waals surface area contributed by atoms with Gasteiger partial charge in [0, 0.05) is 19.7 Å². The molecule has 1 fully saturated rings. The third kappa shape index (κ3) is 4.22. The first-order valence-electron chi connectivity index (χ1n) is 5.94. The number of carboxylic acids is 1. The Morgan fingerprint density at radius 2 is 2.29 bits per heavy atom. The number of rotatable bonds is 5. The molecule has 17 heavy (non-hydrogen) atoms. The van der Waals surface area contributed by atoms with E-state index in [1.165, 1.54) is 6.92 Å². The average Bonchev–Trinajstić information content (AvgIpc) is 2.78. The fraction of sp³-hybridized carbons (Fsp3) is 0.818. The molecule has 1 unspecified atom stereocenters. The van der Waals surface area contributed by atoms with Gasteiger partial charge in [-0.25, -0.2) is 4.79 Å². The van der Waals surface area contributed by atoms with Gasteiger partial charge >= 0.3 is 12.0 Å². The lowest BCUT2D eigenvalue weighted by atomic mass is 10.2. The average molecular weight is 244 g/mol. The highest BCUT2D eigenvalue weighted by Crippen LogP contribution is 2.13. The van der Waals surface area contributed by atoms with E-state index in [1.807, 2.05) is 6.92 Å². The predicted molar refractivity (Wildman–Crippen MR) is 61.9 cm³/mol. The maximum atomic E-state index is 11.8. The van der Waals surface area contributed by atoms with E-state index in [0.717, 1.165) is 19.4 Å². The molecule has 1 heterocycles. The van der Waals surface area contributed by atoms with Crippen molar-refractivity contribution in [1.82, 2.24) is 10.2 Å². The number of carbonyl (C=O) groups is 2. The second-order valence-electron chi connectivity index (χ2n) is 4.18. The van der Waals surface area contributed by atoms with E-state index in [-0.39, 0.29) is 12.1 Å². The van der Waals surface area contributed by atoms with Crippen LogP contribution in [0.4, 0.5) is 4.79 Å². The van der Waals surface area contributed by atoms with E-state index in [4.69, 9.17) is 9.84 Å². The molecule has 0 bridgehead atoms. The Morgan fingerprint density at radius 3 is 2.76 bits per heavy atom. The molecule has 0 radical (unpaired) electrons. The van der Waals surface area contributed by atoms with Crippen LogP contribution >= 0.6 is 0 Å². The van der Waals surface area contributed by atoms with Gasteiger partial charge in [-0.3, -0.25) is 4.79 Å². The summed E-state index contributed by atoms with van der Waals surface area (Å²) in [4.78, 5) is 24.0. The van der Waals surface area contributed by atoms with E-state index < -0.39 is 12.0 Å². The van der Waals surface area contributed by atoms with Crippen LogP contribution in [0.15, 0.2) is 0 Å². The van der Waals surface area contributed by atoms with Gasteiger partial charge in [0.2, 0.25) is 0 Å². The Morgan fingerprint density at radius 1 is 1.59 bits per heavy atom. The Hall–Kier alpha value is -1.30. The number of carboxylic acid groups (broad SMARTS) is 1. The molecule has 0 aliphatic carbocycles. The molecule has 2 amide bonds. The van der Waals surface area contributed by atoms with Gasteiger partial charge in [-0.1, -0.05) is 0 Å². The third-order valence-corrected chi connectivity index (χ3v) is 2.83. The van der Waals surface area contributed by atoms with Crippen LogP contribution in [0.25, 0.3) is 0 Å². The lowest BCUT2D eigenvalue weighted by molar-refractivity contribution is -0.138. The first kappa shape index (κ1) is 13.8. The summed E-state index contributed by atoms with van der Waals surface area (Å²) in [6.07, 6.45) is 2.06. The maximum absolute atomic E-state index is 11.8. The fourth-order valence-corrected chi connectivity index (χ4v) is 1.73. The molecule has 0 aromatic carbocycles. The molecule has 2 atom stereocenters. The maximum Gasteiger partial charge on any atom is 0.325 e. The summed E-state index contributed by atoms with van der Waals surface area (Å²) in [5.74, 6) is -1.04. The van der Waals surface area contributed by atoms with Crippen LogP contribution in [0.2, 0.25) is 0 Å². The van der Waals surface area contributed by atoms with Gasteiger partial charge in [0.05, 0.1) is 6.10 Å². The molecule has 1 aliphatic rings. The van der Waals surface area contributed by atoms with E-state index in [0.29, 0.717) is 13.1 Å². The molecule has 0 aromatic heterocycles. The quantitative estimate of drug-likeness (QED) is 0.745. The summed E-state index contributed by atoms with van der Waals surface area (Å²) in [5.41, 5.74) is 0. The van der Waals surface area contributed by atoms with Gasteiger partial charge in [0.15, 0.2) is 0 Å². The lowest BCUT2D eigenvalue weighted by Gasteiger charge is -2.25. The Labute approximate surface area is 101 Å². The Balaban J connectivity index is 2.42. The zero-order valence-electron chi connectivity index (χ0n) is 10.3. The summed E-state index contributed by atoms with van der Waals surface area (Å²) in [5, 5.41) is 11.1. The van der Waals surface area contributed by atoms with Crippen LogP contribution in [-0.4, -0.2) is 53.8 Å². The molecule has 6 heteroatoms. The van der Waals surface area contributed by atoms with Crippen LogP contribution in [0.5, 0.6) is 0 Å². The molecule has 1 aliphatic heterocycles. The number of aliphatic carboxylic acids is 1. The number of ether oxygens (including phenoxy) is 1. The van der Waals surface area contributed by atoms with E-state index in [2.05, 4.69) is 5.32 Å². The minimum absolute atomic E-state index is 0.0841.